The van der Waals surface area contributed by atoms with Crippen LogP contribution in [-0.2, 0) is 6.42 Å². The first-order valence-corrected chi connectivity index (χ1v) is 6.40. The highest BCUT2D eigenvalue weighted by atomic mass is 14.3. The topological polar surface area (TPSA) is 0 Å². The summed E-state index contributed by atoms with van der Waals surface area (Å²) in [5.41, 5.74) is 1.50. The summed E-state index contributed by atoms with van der Waals surface area (Å²) >= 11 is 0. The first-order chi connectivity index (χ1) is 7.36. The Labute approximate surface area is 93.7 Å². The standard InChI is InChI=1S/C15H22/c1-13(15-9-5-6-10-15)11-12-14-7-3-2-4-8-14/h2-4,7-8,13,15H,5-6,9-12H2,1H3. The van der Waals surface area contributed by atoms with Crippen LogP contribution >= 0.6 is 0 Å². The van der Waals surface area contributed by atoms with E-state index in [9.17, 15) is 0 Å². The van der Waals surface area contributed by atoms with Gasteiger partial charge in [-0.1, -0.05) is 62.9 Å². The lowest BCUT2D eigenvalue weighted by atomic mass is 9.88. The molecular weight excluding hydrogens is 180 g/mol. The van der Waals surface area contributed by atoms with Gasteiger partial charge in [0.15, 0.2) is 0 Å². The molecule has 2 rings (SSSR count). The van der Waals surface area contributed by atoms with Gasteiger partial charge in [0.2, 0.25) is 0 Å². The molecule has 1 aliphatic rings. The molecule has 0 N–H and O–H groups in total. The minimum atomic E-state index is 0.924. The van der Waals surface area contributed by atoms with E-state index in [-0.39, 0.29) is 0 Å². The van der Waals surface area contributed by atoms with Crippen LogP contribution in [0.15, 0.2) is 30.3 Å². The summed E-state index contributed by atoms with van der Waals surface area (Å²) in [6, 6.07) is 10.9. The molecule has 1 saturated carbocycles. The minimum Gasteiger partial charge on any atom is -0.0622 e. The molecule has 0 bridgehead atoms. The number of rotatable bonds is 4. The van der Waals surface area contributed by atoms with E-state index in [2.05, 4.69) is 37.3 Å². The van der Waals surface area contributed by atoms with Crippen LogP contribution in [0.1, 0.15) is 44.6 Å². The van der Waals surface area contributed by atoms with Crippen LogP contribution in [0.4, 0.5) is 0 Å². The molecule has 0 radical (unpaired) electrons. The molecule has 1 fully saturated rings. The molecule has 1 aromatic rings. The number of hydrogen-bond acceptors (Lipinski definition) is 0. The second-order valence-electron chi connectivity index (χ2n) is 5.05. The Morgan fingerprint density at radius 3 is 2.47 bits per heavy atom. The minimum absolute atomic E-state index is 0.924. The van der Waals surface area contributed by atoms with Crippen LogP contribution in [0, 0.1) is 11.8 Å². The van der Waals surface area contributed by atoms with E-state index in [0.29, 0.717) is 0 Å². The number of aryl methyl sites for hydroxylation is 1. The lowest BCUT2D eigenvalue weighted by Crippen LogP contribution is -2.08. The largest absolute Gasteiger partial charge is 0.0622 e. The molecule has 1 atom stereocenters. The summed E-state index contributed by atoms with van der Waals surface area (Å²) in [5, 5.41) is 0. The van der Waals surface area contributed by atoms with Crippen LogP contribution in [0.5, 0.6) is 0 Å². The monoisotopic (exact) mass is 202 g/mol. The molecule has 0 aliphatic heterocycles. The van der Waals surface area contributed by atoms with E-state index in [1.165, 1.54) is 44.1 Å². The molecule has 0 saturated heterocycles. The first-order valence-electron chi connectivity index (χ1n) is 6.40. The van der Waals surface area contributed by atoms with Crippen molar-refractivity contribution in [2.24, 2.45) is 11.8 Å². The Hall–Kier alpha value is -0.780. The Balaban J connectivity index is 1.77. The fraction of sp³-hybridized carbons (Fsp3) is 0.600. The predicted molar refractivity (Wildman–Crippen MR) is 65.9 cm³/mol. The third kappa shape index (κ3) is 3.09. The third-order valence-electron chi connectivity index (χ3n) is 3.94. The molecular formula is C15H22. The van der Waals surface area contributed by atoms with E-state index < -0.39 is 0 Å². The number of hydrogen-bond donors (Lipinski definition) is 0. The Kier molecular flexibility index (Phi) is 3.82. The average Bonchev–Trinajstić information content (AvgIpc) is 2.81. The van der Waals surface area contributed by atoms with Gasteiger partial charge in [-0.25, -0.2) is 0 Å². The summed E-state index contributed by atoms with van der Waals surface area (Å²) in [6.07, 6.45) is 8.54. The zero-order valence-electron chi connectivity index (χ0n) is 9.78. The fourth-order valence-corrected chi connectivity index (χ4v) is 2.80. The molecule has 15 heavy (non-hydrogen) atoms. The van der Waals surface area contributed by atoms with Crippen molar-refractivity contribution in [1.29, 1.82) is 0 Å². The lowest BCUT2D eigenvalue weighted by molar-refractivity contribution is 0.346. The Morgan fingerprint density at radius 1 is 1.13 bits per heavy atom. The number of benzene rings is 1. The summed E-state index contributed by atoms with van der Waals surface area (Å²) in [6.45, 7) is 2.44. The van der Waals surface area contributed by atoms with Crippen LogP contribution in [0.3, 0.4) is 0 Å². The maximum absolute atomic E-state index is 2.44. The van der Waals surface area contributed by atoms with Crippen molar-refractivity contribution < 1.29 is 0 Å². The van der Waals surface area contributed by atoms with E-state index in [1.807, 2.05) is 0 Å². The van der Waals surface area contributed by atoms with Crippen LogP contribution in [0.2, 0.25) is 0 Å². The molecule has 1 aromatic carbocycles. The van der Waals surface area contributed by atoms with E-state index in [0.717, 1.165) is 11.8 Å². The molecule has 0 heterocycles. The maximum Gasteiger partial charge on any atom is -0.0276 e. The first kappa shape index (κ1) is 10.7. The van der Waals surface area contributed by atoms with Crippen molar-refractivity contribution in [3.63, 3.8) is 0 Å². The van der Waals surface area contributed by atoms with Gasteiger partial charge in [-0.2, -0.15) is 0 Å². The van der Waals surface area contributed by atoms with Gasteiger partial charge < -0.3 is 0 Å². The van der Waals surface area contributed by atoms with Gasteiger partial charge in [0, 0.05) is 0 Å². The SMILES string of the molecule is CC(CCc1ccccc1)C1CCCC1. The third-order valence-corrected chi connectivity index (χ3v) is 3.94. The van der Waals surface area contributed by atoms with E-state index in [1.54, 1.807) is 0 Å². The second-order valence-corrected chi connectivity index (χ2v) is 5.05. The molecule has 0 spiro atoms. The average molecular weight is 202 g/mol. The second kappa shape index (κ2) is 5.34. The summed E-state index contributed by atoms with van der Waals surface area (Å²) in [7, 11) is 0. The van der Waals surface area contributed by atoms with Crippen molar-refractivity contribution in [3.05, 3.63) is 35.9 Å². The van der Waals surface area contributed by atoms with Crippen molar-refractivity contribution in [2.75, 3.05) is 0 Å². The van der Waals surface area contributed by atoms with Crippen LogP contribution < -0.4 is 0 Å². The van der Waals surface area contributed by atoms with Crippen LogP contribution in [-0.4, -0.2) is 0 Å². The van der Waals surface area contributed by atoms with E-state index >= 15 is 0 Å². The molecule has 0 nitrogen and oxygen atoms in total. The van der Waals surface area contributed by atoms with Gasteiger partial charge in [0.1, 0.15) is 0 Å². The summed E-state index contributed by atoms with van der Waals surface area (Å²) in [4.78, 5) is 0. The molecule has 0 amide bonds. The molecule has 1 unspecified atom stereocenters. The van der Waals surface area contributed by atoms with Crippen molar-refractivity contribution in [3.8, 4) is 0 Å². The van der Waals surface area contributed by atoms with Crippen molar-refractivity contribution >= 4 is 0 Å². The van der Waals surface area contributed by atoms with Gasteiger partial charge in [-0.05, 0) is 30.2 Å². The van der Waals surface area contributed by atoms with Gasteiger partial charge in [0.05, 0.1) is 0 Å². The smallest absolute Gasteiger partial charge is 0.0276 e. The summed E-state index contributed by atoms with van der Waals surface area (Å²) < 4.78 is 0. The summed E-state index contributed by atoms with van der Waals surface area (Å²) in [5.74, 6) is 1.95. The van der Waals surface area contributed by atoms with Crippen molar-refractivity contribution in [2.45, 2.75) is 45.4 Å². The lowest BCUT2D eigenvalue weighted by Gasteiger charge is -2.18. The van der Waals surface area contributed by atoms with Gasteiger partial charge in [0.25, 0.3) is 0 Å². The zero-order chi connectivity index (χ0) is 10.5. The van der Waals surface area contributed by atoms with Crippen LogP contribution in [0.25, 0.3) is 0 Å². The quantitative estimate of drug-likeness (QED) is 0.677. The Morgan fingerprint density at radius 2 is 1.80 bits per heavy atom. The van der Waals surface area contributed by atoms with Gasteiger partial charge >= 0.3 is 0 Å². The normalized spacial score (nSPS) is 19.3. The fourth-order valence-electron chi connectivity index (χ4n) is 2.80. The molecule has 1 aliphatic carbocycles. The zero-order valence-corrected chi connectivity index (χ0v) is 9.78. The highest BCUT2D eigenvalue weighted by molar-refractivity contribution is 5.14. The van der Waals surface area contributed by atoms with Crippen molar-refractivity contribution in [1.82, 2.24) is 0 Å². The predicted octanol–water partition coefficient (Wildman–Crippen LogP) is 4.45. The maximum atomic E-state index is 2.44. The molecule has 0 heteroatoms. The highest BCUT2D eigenvalue weighted by Crippen LogP contribution is 2.33. The highest BCUT2D eigenvalue weighted by Gasteiger charge is 2.20. The van der Waals surface area contributed by atoms with Gasteiger partial charge in [-0.15, -0.1) is 0 Å². The molecule has 0 aromatic heterocycles. The molecule has 82 valence electrons. The van der Waals surface area contributed by atoms with Gasteiger partial charge in [-0.3, -0.25) is 0 Å². The van der Waals surface area contributed by atoms with E-state index in [4.69, 9.17) is 0 Å². The Bertz CT molecular complexity index is 269.